The van der Waals surface area contributed by atoms with Crippen LogP contribution in [-0.4, -0.2) is 11.0 Å². The third-order valence-electron chi connectivity index (χ3n) is 2.66. The molecule has 0 aliphatic carbocycles. The molecule has 1 aromatic heterocycles. The molecule has 0 fully saturated rings. The molecule has 2 amide bonds. The lowest BCUT2D eigenvalue weighted by Crippen LogP contribution is -2.19. The number of benzene rings is 2. The predicted molar refractivity (Wildman–Crippen MR) is 83.1 cm³/mol. The van der Waals surface area contributed by atoms with Gasteiger partial charge in [-0.1, -0.05) is 29.5 Å². The molecule has 0 aliphatic heterocycles. The van der Waals surface area contributed by atoms with E-state index in [2.05, 4.69) is 15.6 Å². The average molecular weight is 284 g/mol. The third kappa shape index (κ3) is 2.70. The van der Waals surface area contributed by atoms with E-state index in [1.807, 2.05) is 24.3 Å². The lowest BCUT2D eigenvalue weighted by atomic mass is 10.3. The first-order chi connectivity index (χ1) is 9.70. The number of amides is 2. The molecule has 0 saturated heterocycles. The second-order valence-corrected chi connectivity index (χ2v) is 5.22. The molecule has 0 bridgehead atoms. The average Bonchev–Trinajstić information content (AvgIpc) is 2.80. The maximum Gasteiger partial charge on any atom is 0.325 e. The Bertz CT molecular complexity index is 735. The van der Waals surface area contributed by atoms with Crippen LogP contribution in [-0.2, 0) is 0 Å². The van der Waals surface area contributed by atoms with Crippen LogP contribution in [0.2, 0.25) is 0 Å². The van der Waals surface area contributed by atoms with Gasteiger partial charge in [0.2, 0.25) is 0 Å². The highest BCUT2D eigenvalue weighted by atomic mass is 32.1. The zero-order valence-electron chi connectivity index (χ0n) is 10.5. The summed E-state index contributed by atoms with van der Waals surface area (Å²) < 4.78 is 1.03. The molecule has 2 aromatic carbocycles. The zero-order chi connectivity index (χ0) is 13.9. The van der Waals surface area contributed by atoms with E-state index in [0.29, 0.717) is 16.5 Å². The van der Waals surface area contributed by atoms with Crippen molar-refractivity contribution in [1.29, 1.82) is 0 Å². The van der Waals surface area contributed by atoms with Crippen LogP contribution >= 0.6 is 11.3 Å². The van der Waals surface area contributed by atoms with Crippen LogP contribution < -0.4 is 16.4 Å². The van der Waals surface area contributed by atoms with E-state index in [1.54, 1.807) is 24.3 Å². The molecular weight excluding hydrogens is 272 g/mol. The normalized spacial score (nSPS) is 10.4. The summed E-state index contributed by atoms with van der Waals surface area (Å²) >= 11 is 1.43. The standard InChI is InChI=1S/C14H12N4OS/c15-9-4-3-5-10(8-9)16-13(19)18-14-17-11-6-1-2-7-12(11)20-14/h1-8H,15H2,(H2,16,17,18,19). The van der Waals surface area contributed by atoms with Gasteiger partial charge in [-0.2, -0.15) is 0 Å². The van der Waals surface area contributed by atoms with Crippen molar-refractivity contribution < 1.29 is 4.79 Å². The fraction of sp³-hybridized carbons (Fsp3) is 0. The molecule has 6 heteroatoms. The maximum atomic E-state index is 11.9. The number of anilines is 3. The van der Waals surface area contributed by atoms with Crippen molar-refractivity contribution in [1.82, 2.24) is 4.98 Å². The molecular formula is C14H12N4OS. The number of nitrogens with two attached hydrogens (primary N) is 1. The van der Waals surface area contributed by atoms with Crippen LogP contribution in [0.1, 0.15) is 0 Å². The quantitative estimate of drug-likeness (QED) is 0.630. The minimum absolute atomic E-state index is 0.338. The number of nitrogens with one attached hydrogen (secondary N) is 2. The summed E-state index contributed by atoms with van der Waals surface area (Å²) in [5.74, 6) is 0. The molecule has 20 heavy (non-hydrogen) atoms. The molecule has 0 atom stereocenters. The van der Waals surface area contributed by atoms with E-state index in [-0.39, 0.29) is 6.03 Å². The smallest absolute Gasteiger partial charge is 0.325 e. The maximum absolute atomic E-state index is 11.9. The third-order valence-corrected chi connectivity index (χ3v) is 3.61. The number of nitrogens with zero attached hydrogens (tertiary/aromatic N) is 1. The van der Waals surface area contributed by atoms with Gasteiger partial charge < -0.3 is 11.1 Å². The van der Waals surface area contributed by atoms with Crippen LogP contribution in [0.15, 0.2) is 48.5 Å². The van der Waals surface area contributed by atoms with E-state index >= 15 is 0 Å². The van der Waals surface area contributed by atoms with Crippen LogP contribution in [0.4, 0.5) is 21.3 Å². The predicted octanol–water partition coefficient (Wildman–Crippen LogP) is 3.52. The number of fused-ring (bicyclic) bond motifs is 1. The van der Waals surface area contributed by atoms with Crippen molar-refractivity contribution in [3.05, 3.63) is 48.5 Å². The molecule has 3 rings (SSSR count). The van der Waals surface area contributed by atoms with Gasteiger partial charge in [0.15, 0.2) is 5.13 Å². The van der Waals surface area contributed by atoms with Gasteiger partial charge in [-0.15, -0.1) is 0 Å². The Labute approximate surface area is 119 Å². The van der Waals surface area contributed by atoms with Gasteiger partial charge in [-0.05, 0) is 30.3 Å². The van der Waals surface area contributed by atoms with Gasteiger partial charge in [0.05, 0.1) is 10.2 Å². The fourth-order valence-electron chi connectivity index (χ4n) is 1.80. The largest absolute Gasteiger partial charge is 0.399 e. The van der Waals surface area contributed by atoms with Crippen molar-refractivity contribution in [2.75, 3.05) is 16.4 Å². The Hall–Kier alpha value is -2.60. The van der Waals surface area contributed by atoms with Crippen LogP contribution in [0.5, 0.6) is 0 Å². The van der Waals surface area contributed by atoms with Crippen molar-refractivity contribution >= 4 is 44.1 Å². The summed E-state index contributed by atoms with van der Waals surface area (Å²) in [6.45, 7) is 0. The number of rotatable bonds is 2. The number of urea groups is 1. The second kappa shape index (κ2) is 5.18. The minimum atomic E-state index is -0.338. The van der Waals surface area contributed by atoms with E-state index < -0.39 is 0 Å². The van der Waals surface area contributed by atoms with E-state index in [1.165, 1.54) is 11.3 Å². The number of aromatic nitrogens is 1. The molecule has 0 unspecified atom stereocenters. The molecule has 0 saturated carbocycles. The minimum Gasteiger partial charge on any atom is -0.399 e. The summed E-state index contributed by atoms with van der Waals surface area (Å²) in [6, 6.07) is 14.4. The Kier molecular flexibility index (Phi) is 3.22. The fourth-order valence-corrected chi connectivity index (χ4v) is 2.66. The molecule has 3 aromatic rings. The number of carbonyl (C=O) groups excluding carboxylic acids is 1. The van der Waals surface area contributed by atoms with Crippen molar-refractivity contribution in [2.24, 2.45) is 0 Å². The monoisotopic (exact) mass is 284 g/mol. The molecule has 5 nitrogen and oxygen atoms in total. The highest BCUT2D eigenvalue weighted by Crippen LogP contribution is 2.25. The molecule has 100 valence electrons. The van der Waals surface area contributed by atoms with Gasteiger partial charge >= 0.3 is 6.03 Å². The van der Waals surface area contributed by atoms with Gasteiger partial charge in [-0.3, -0.25) is 5.32 Å². The number of hydrogen-bond acceptors (Lipinski definition) is 4. The van der Waals surface area contributed by atoms with Crippen LogP contribution in [0, 0.1) is 0 Å². The Balaban J connectivity index is 1.72. The van der Waals surface area contributed by atoms with Crippen LogP contribution in [0.3, 0.4) is 0 Å². The van der Waals surface area contributed by atoms with Gasteiger partial charge in [0.25, 0.3) is 0 Å². The van der Waals surface area contributed by atoms with Crippen molar-refractivity contribution in [3.63, 3.8) is 0 Å². The number of thiazole rings is 1. The van der Waals surface area contributed by atoms with Gasteiger partial charge in [0, 0.05) is 11.4 Å². The summed E-state index contributed by atoms with van der Waals surface area (Å²) in [5.41, 5.74) is 7.77. The summed E-state index contributed by atoms with van der Waals surface area (Å²) in [4.78, 5) is 16.2. The Morgan fingerprint density at radius 2 is 1.95 bits per heavy atom. The topological polar surface area (TPSA) is 80.0 Å². The lowest BCUT2D eigenvalue weighted by Gasteiger charge is -2.05. The first-order valence-electron chi connectivity index (χ1n) is 6.00. The van der Waals surface area contributed by atoms with E-state index in [4.69, 9.17) is 5.73 Å². The Morgan fingerprint density at radius 1 is 1.10 bits per heavy atom. The van der Waals surface area contributed by atoms with E-state index in [9.17, 15) is 4.79 Å². The molecule has 4 N–H and O–H groups in total. The molecule has 0 aliphatic rings. The van der Waals surface area contributed by atoms with Crippen molar-refractivity contribution in [2.45, 2.75) is 0 Å². The SMILES string of the molecule is Nc1cccc(NC(=O)Nc2nc3ccccc3s2)c1. The zero-order valence-corrected chi connectivity index (χ0v) is 11.3. The summed E-state index contributed by atoms with van der Waals surface area (Å²) in [7, 11) is 0. The van der Waals surface area contributed by atoms with Crippen LogP contribution in [0.25, 0.3) is 10.2 Å². The number of para-hydroxylation sites is 1. The van der Waals surface area contributed by atoms with E-state index in [0.717, 1.165) is 10.2 Å². The molecule has 0 spiro atoms. The molecule has 0 radical (unpaired) electrons. The van der Waals surface area contributed by atoms with Crippen molar-refractivity contribution in [3.8, 4) is 0 Å². The number of hydrogen-bond donors (Lipinski definition) is 3. The summed E-state index contributed by atoms with van der Waals surface area (Å²) in [5, 5.41) is 5.99. The first kappa shape index (κ1) is 12.4. The lowest BCUT2D eigenvalue weighted by molar-refractivity contribution is 0.262. The highest BCUT2D eigenvalue weighted by molar-refractivity contribution is 7.22. The second-order valence-electron chi connectivity index (χ2n) is 4.19. The Morgan fingerprint density at radius 3 is 2.75 bits per heavy atom. The first-order valence-corrected chi connectivity index (χ1v) is 6.81. The number of carbonyl (C=O) groups is 1. The van der Waals surface area contributed by atoms with Gasteiger partial charge in [-0.25, -0.2) is 9.78 Å². The van der Waals surface area contributed by atoms with Gasteiger partial charge in [0.1, 0.15) is 0 Å². The summed E-state index contributed by atoms with van der Waals surface area (Å²) in [6.07, 6.45) is 0. The highest BCUT2D eigenvalue weighted by Gasteiger charge is 2.07. The number of nitrogen functional groups attached to an aromatic ring is 1. The molecule has 1 heterocycles.